The lowest BCUT2D eigenvalue weighted by atomic mass is 10.2. The van der Waals surface area contributed by atoms with Crippen molar-refractivity contribution < 1.29 is 13.9 Å². The summed E-state index contributed by atoms with van der Waals surface area (Å²) in [5.41, 5.74) is 1.29. The lowest BCUT2D eigenvalue weighted by Gasteiger charge is -2.07. The van der Waals surface area contributed by atoms with Crippen LogP contribution in [0.2, 0.25) is 5.02 Å². The Balaban J connectivity index is 2.06. The van der Waals surface area contributed by atoms with Gasteiger partial charge < -0.3 is 10.4 Å². The minimum Gasteiger partial charge on any atom is -0.506 e. The molecular formula is C13H10ClF2NO. The van der Waals surface area contributed by atoms with Gasteiger partial charge in [0.15, 0.2) is 11.6 Å². The van der Waals surface area contributed by atoms with Crippen LogP contribution < -0.4 is 5.32 Å². The largest absolute Gasteiger partial charge is 0.506 e. The molecule has 0 aliphatic rings. The Kier molecular flexibility index (Phi) is 3.67. The van der Waals surface area contributed by atoms with Gasteiger partial charge in [-0.05, 0) is 29.8 Å². The van der Waals surface area contributed by atoms with Crippen LogP contribution >= 0.6 is 11.6 Å². The zero-order chi connectivity index (χ0) is 13.1. The molecule has 2 aromatic carbocycles. The number of aromatic hydroxyl groups is 1. The van der Waals surface area contributed by atoms with Crippen molar-refractivity contribution >= 4 is 17.3 Å². The molecule has 0 saturated carbocycles. The topological polar surface area (TPSA) is 32.3 Å². The molecule has 0 bridgehead atoms. The number of nitrogens with one attached hydrogen (secondary N) is 1. The number of anilines is 1. The summed E-state index contributed by atoms with van der Waals surface area (Å²) >= 11 is 5.75. The molecule has 2 aromatic rings. The summed E-state index contributed by atoms with van der Waals surface area (Å²) < 4.78 is 25.7. The fraction of sp³-hybridized carbons (Fsp3) is 0.0769. The van der Waals surface area contributed by atoms with Gasteiger partial charge in [-0.1, -0.05) is 17.7 Å². The Bertz CT molecular complexity index is 523. The van der Waals surface area contributed by atoms with E-state index in [0.717, 1.165) is 17.7 Å². The van der Waals surface area contributed by atoms with Crippen LogP contribution in [0.3, 0.4) is 0 Å². The molecule has 0 saturated heterocycles. The van der Waals surface area contributed by atoms with Crippen molar-refractivity contribution in [3.8, 4) is 5.75 Å². The minimum absolute atomic E-state index is 0.00763. The number of phenolic OH excluding ortho intramolecular Hbond substituents is 1. The van der Waals surface area contributed by atoms with Gasteiger partial charge in [-0.2, -0.15) is 0 Å². The molecule has 0 unspecified atom stereocenters. The molecule has 2 nitrogen and oxygen atoms in total. The van der Waals surface area contributed by atoms with Gasteiger partial charge in [0.1, 0.15) is 5.75 Å². The molecule has 0 fully saturated rings. The Hall–Kier alpha value is -1.81. The van der Waals surface area contributed by atoms with Crippen molar-refractivity contribution in [1.29, 1.82) is 0 Å². The van der Waals surface area contributed by atoms with E-state index in [-0.39, 0.29) is 10.8 Å². The molecule has 2 rings (SSSR count). The second-order valence-electron chi connectivity index (χ2n) is 3.77. The zero-order valence-electron chi connectivity index (χ0n) is 9.25. The second-order valence-corrected chi connectivity index (χ2v) is 4.18. The fourth-order valence-electron chi connectivity index (χ4n) is 1.47. The van der Waals surface area contributed by atoms with E-state index in [4.69, 9.17) is 11.6 Å². The van der Waals surface area contributed by atoms with E-state index in [1.165, 1.54) is 12.1 Å². The minimum atomic E-state index is -0.899. The Morgan fingerprint density at radius 1 is 1.06 bits per heavy atom. The number of hydrogen-bond acceptors (Lipinski definition) is 2. The van der Waals surface area contributed by atoms with Crippen molar-refractivity contribution in [2.24, 2.45) is 0 Å². The van der Waals surface area contributed by atoms with Crippen LogP contribution in [-0.2, 0) is 6.54 Å². The van der Waals surface area contributed by atoms with E-state index in [1.807, 2.05) is 0 Å². The predicted molar refractivity (Wildman–Crippen MR) is 66.8 cm³/mol. The average molecular weight is 270 g/mol. The lowest BCUT2D eigenvalue weighted by Crippen LogP contribution is -2.00. The molecule has 0 aromatic heterocycles. The van der Waals surface area contributed by atoms with E-state index < -0.39 is 11.6 Å². The molecule has 0 amide bonds. The van der Waals surface area contributed by atoms with Crippen LogP contribution in [0.1, 0.15) is 5.56 Å². The summed E-state index contributed by atoms with van der Waals surface area (Å²) in [5, 5.41) is 12.4. The van der Waals surface area contributed by atoms with Crippen LogP contribution in [0.4, 0.5) is 14.5 Å². The third-order valence-corrected chi connectivity index (χ3v) is 2.73. The van der Waals surface area contributed by atoms with Crippen LogP contribution in [0.5, 0.6) is 5.75 Å². The van der Waals surface area contributed by atoms with Crippen molar-refractivity contribution in [1.82, 2.24) is 0 Å². The van der Waals surface area contributed by atoms with Gasteiger partial charge >= 0.3 is 0 Å². The molecular weight excluding hydrogens is 260 g/mol. The fourth-order valence-corrected chi connectivity index (χ4v) is 1.67. The van der Waals surface area contributed by atoms with Gasteiger partial charge in [0.05, 0.1) is 5.02 Å². The van der Waals surface area contributed by atoms with Crippen LogP contribution in [0.15, 0.2) is 36.4 Å². The lowest BCUT2D eigenvalue weighted by molar-refractivity contribution is 0.475. The normalized spacial score (nSPS) is 10.4. The second kappa shape index (κ2) is 5.23. The molecule has 2 N–H and O–H groups in total. The van der Waals surface area contributed by atoms with Gasteiger partial charge in [0.2, 0.25) is 0 Å². The first-order valence-corrected chi connectivity index (χ1v) is 5.60. The molecule has 94 valence electrons. The van der Waals surface area contributed by atoms with Crippen LogP contribution in [0.25, 0.3) is 0 Å². The van der Waals surface area contributed by atoms with Crippen molar-refractivity contribution in [3.63, 3.8) is 0 Å². The summed E-state index contributed by atoms with van der Waals surface area (Å²) in [6, 6.07) is 8.35. The Morgan fingerprint density at radius 2 is 1.83 bits per heavy atom. The molecule has 0 heterocycles. The average Bonchev–Trinajstić information content (AvgIpc) is 2.35. The van der Waals surface area contributed by atoms with Crippen LogP contribution in [0, 0.1) is 11.6 Å². The van der Waals surface area contributed by atoms with Gasteiger partial charge in [-0.3, -0.25) is 0 Å². The molecule has 0 aliphatic carbocycles. The zero-order valence-corrected chi connectivity index (χ0v) is 10.0. The standard InChI is InChI=1S/C13H10ClF2NO/c14-10-5-8(1-4-13(10)18)7-17-9-2-3-11(15)12(16)6-9/h1-6,17-18H,7H2. The summed E-state index contributed by atoms with van der Waals surface area (Å²) in [6.07, 6.45) is 0. The van der Waals surface area contributed by atoms with Crippen molar-refractivity contribution in [2.45, 2.75) is 6.54 Å². The van der Waals surface area contributed by atoms with Gasteiger partial charge in [0.25, 0.3) is 0 Å². The highest BCUT2D eigenvalue weighted by molar-refractivity contribution is 6.32. The Morgan fingerprint density at radius 3 is 2.50 bits per heavy atom. The summed E-state index contributed by atoms with van der Waals surface area (Å²) in [6.45, 7) is 0.394. The first kappa shape index (κ1) is 12.6. The maximum atomic E-state index is 13.0. The molecule has 0 aliphatic heterocycles. The summed E-state index contributed by atoms with van der Waals surface area (Å²) in [4.78, 5) is 0. The number of halogens is 3. The maximum absolute atomic E-state index is 13.0. The summed E-state index contributed by atoms with van der Waals surface area (Å²) in [7, 11) is 0. The monoisotopic (exact) mass is 269 g/mol. The highest BCUT2D eigenvalue weighted by atomic mass is 35.5. The SMILES string of the molecule is Oc1ccc(CNc2ccc(F)c(F)c2)cc1Cl. The molecule has 5 heteroatoms. The number of rotatable bonds is 3. The van der Waals surface area contributed by atoms with E-state index in [0.29, 0.717) is 12.2 Å². The molecule has 0 radical (unpaired) electrons. The third kappa shape index (κ3) is 2.90. The predicted octanol–water partition coefficient (Wildman–Crippen LogP) is 3.94. The van der Waals surface area contributed by atoms with Crippen molar-refractivity contribution in [3.05, 3.63) is 58.6 Å². The van der Waals surface area contributed by atoms with Gasteiger partial charge in [-0.25, -0.2) is 8.78 Å². The Labute approximate surface area is 108 Å². The molecule has 0 atom stereocenters. The van der Waals surface area contributed by atoms with E-state index in [1.54, 1.807) is 12.1 Å². The highest BCUT2D eigenvalue weighted by Crippen LogP contribution is 2.24. The number of phenols is 1. The smallest absolute Gasteiger partial charge is 0.160 e. The summed E-state index contributed by atoms with van der Waals surface area (Å²) in [5.74, 6) is -1.77. The number of benzene rings is 2. The third-order valence-electron chi connectivity index (χ3n) is 2.43. The first-order valence-electron chi connectivity index (χ1n) is 5.22. The highest BCUT2D eigenvalue weighted by Gasteiger charge is 2.03. The molecule has 0 spiro atoms. The van der Waals surface area contributed by atoms with E-state index in [9.17, 15) is 13.9 Å². The first-order chi connectivity index (χ1) is 8.56. The van der Waals surface area contributed by atoms with Gasteiger partial charge in [-0.15, -0.1) is 0 Å². The van der Waals surface area contributed by atoms with Gasteiger partial charge in [0, 0.05) is 18.3 Å². The maximum Gasteiger partial charge on any atom is 0.160 e. The van der Waals surface area contributed by atoms with Crippen LogP contribution in [-0.4, -0.2) is 5.11 Å². The quantitative estimate of drug-likeness (QED) is 0.885. The van der Waals surface area contributed by atoms with Crippen molar-refractivity contribution in [2.75, 3.05) is 5.32 Å². The number of hydrogen-bond donors (Lipinski definition) is 2. The van der Waals surface area contributed by atoms with E-state index in [2.05, 4.69) is 5.32 Å². The molecule has 18 heavy (non-hydrogen) atoms. The van der Waals surface area contributed by atoms with E-state index >= 15 is 0 Å².